The zero-order valence-corrected chi connectivity index (χ0v) is 30.5. The van der Waals surface area contributed by atoms with Crippen molar-refractivity contribution in [2.75, 3.05) is 40.5 Å². The van der Waals surface area contributed by atoms with E-state index in [2.05, 4.69) is 28.1 Å². The van der Waals surface area contributed by atoms with Gasteiger partial charge in [0, 0.05) is 26.0 Å². The third kappa shape index (κ3) is 8.79. The van der Waals surface area contributed by atoms with Gasteiger partial charge >= 0.3 is 6.09 Å². The largest absolute Gasteiger partial charge is 0.497 e. The van der Waals surface area contributed by atoms with Crippen molar-refractivity contribution in [1.82, 2.24) is 16.0 Å². The Balaban J connectivity index is 0.964. The molecule has 1 aliphatic carbocycles. The molecule has 0 saturated carbocycles. The molecule has 5 aromatic rings. The molecule has 1 unspecified atom stereocenters. The van der Waals surface area contributed by atoms with Crippen LogP contribution in [0.2, 0.25) is 0 Å². The number of hydrogen-bond acceptors (Lipinski definition) is 7. The highest BCUT2D eigenvalue weighted by Crippen LogP contribution is 2.45. The first-order chi connectivity index (χ1) is 26.4. The number of benzene rings is 5. The van der Waals surface area contributed by atoms with Crippen LogP contribution in [0, 0.1) is 0 Å². The van der Waals surface area contributed by atoms with E-state index in [1.54, 1.807) is 14.2 Å². The number of methoxy groups -OCH3 is 2. The van der Waals surface area contributed by atoms with Gasteiger partial charge in [-0.25, -0.2) is 4.79 Å². The molecule has 3 N–H and O–H groups in total. The summed E-state index contributed by atoms with van der Waals surface area (Å²) in [4.78, 5) is 37.4. The van der Waals surface area contributed by atoms with Crippen LogP contribution in [-0.4, -0.2) is 64.7 Å². The van der Waals surface area contributed by atoms with Gasteiger partial charge in [0.2, 0.25) is 11.8 Å². The lowest BCUT2D eigenvalue weighted by Crippen LogP contribution is -2.42. The van der Waals surface area contributed by atoms with Crippen LogP contribution >= 0.6 is 0 Å². The van der Waals surface area contributed by atoms with Crippen molar-refractivity contribution in [3.05, 3.63) is 161 Å². The van der Waals surface area contributed by atoms with Crippen LogP contribution in [0.4, 0.5) is 4.79 Å². The number of hydrogen-bond donors (Lipinski definition) is 3. The van der Waals surface area contributed by atoms with E-state index in [9.17, 15) is 14.4 Å². The lowest BCUT2D eigenvalue weighted by atomic mass is 9.80. The van der Waals surface area contributed by atoms with Gasteiger partial charge in [0.25, 0.3) is 0 Å². The van der Waals surface area contributed by atoms with Gasteiger partial charge in [0.1, 0.15) is 24.5 Å². The van der Waals surface area contributed by atoms with Crippen molar-refractivity contribution in [1.29, 1.82) is 0 Å². The number of carbonyl (C=O) groups excluding carboxylic acids is 3. The summed E-state index contributed by atoms with van der Waals surface area (Å²) in [6, 6.07) is 43.9. The minimum absolute atomic E-state index is 0.0878. The van der Waals surface area contributed by atoms with Crippen LogP contribution in [0.1, 0.15) is 46.6 Å². The summed E-state index contributed by atoms with van der Waals surface area (Å²) in [5.74, 6) is -0.227. The molecule has 1 aliphatic rings. The molecule has 0 radical (unpaired) electrons. The molecule has 1 atom stereocenters. The van der Waals surface area contributed by atoms with E-state index in [1.165, 1.54) is 0 Å². The summed E-state index contributed by atoms with van der Waals surface area (Å²) >= 11 is 0. The van der Waals surface area contributed by atoms with E-state index in [1.807, 2.05) is 121 Å². The standard InChI is InChI=1S/C44H45N3O7/c1-51-34-25-23-33(24-26-34)44(31-14-5-3-6-15-31,32-16-7-4-8-17-32)54-42(52-2)22-13-27-45-40(48)28-46-41(49)29-47-43(50)53-30-39-37-20-11-9-18-35(37)36-19-10-12-21-38(36)39/h3-12,14-21,23-26,39,42H,13,22,27-30H2,1-2H3,(H,45,48)(H,46,49)(H,47,50). The Labute approximate surface area is 315 Å². The van der Waals surface area contributed by atoms with E-state index >= 15 is 0 Å². The molecule has 54 heavy (non-hydrogen) atoms. The summed E-state index contributed by atoms with van der Waals surface area (Å²) in [7, 11) is 3.23. The maximum atomic E-state index is 12.6. The second-order valence-corrected chi connectivity index (χ2v) is 12.9. The topological polar surface area (TPSA) is 124 Å². The third-order valence-corrected chi connectivity index (χ3v) is 9.55. The Kier molecular flexibility index (Phi) is 12.7. The lowest BCUT2D eigenvalue weighted by Gasteiger charge is -2.38. The smallest absolute Gasteiger partial charge is 0.407 e. The molecule has 10 nitrogen and oxygen atoms in total. The monoisotopic (exact) mass is 727 g/mol. The Morgan fingerprint density at radius 1 is 0.630 bits per heavy atom. The van der Waals surface area contributed by atoms with Gasteiger partial charge in [-0.15, -0.1) is 0 Å². The molecule has 0 bridgehead atoms. The van der Waals surface area contributed by atoms with Crippen molar-refractivity contribution in [3.63, 3.8) is 0 Å². The molecule has 278 valence electrons. The summed E-state index contributed by atoms with van der Waals surface area (Å²) in [5, 5.41) is 7.84. The van der Waals surface area contributed by atoms with Crippen LogP contribution in [-0.2, 0) is 29.4 Å². The Morgan fingerprint density at radius 3 is 1.72 bits per heavy atom. The fourth-order valence-corrected chi connectivity index (χ4v) is 6.90. The minimum atomic E-state index is -1.00. The van der Waals surface area contributed by atoms with Gasteiger partial charge in [0.05, 0.1) is 13.7 Å². The van der Waals surface area contributed by atoms with E-state index < -0.39 is 23.9 Å². The average molecular weight is 728 g/mol. The van der Waals surface area contributed by atoms with Gasteiger partial charge in [-0.05, 0) is 57.5 Å². The summed E-state index contributed by atoms with van der Waals surface area (Å²) in [6.45, 7) is -0.0877. The molecular formula is C44H45N3O7. The van der Waals surface area contributed by atoms with E-state index in [0.717, 1.165) is 44.7 Å². The van der Waals surface area contributed by atoms with Crippen LogP contribution in [0.3, 0.4) is 0 Å². The van der Waals surface area contributed by atoms with E-state index in [0.29, 0.717) is 19.4 Å². The zero-order chi connectivity index (χ0) is 37.8. The first-order valence-corrected chi connectivity index (χ1v) is 18.0. The second-order valence-electron chi connectivity index (χ2n) is 12.9. The number of carbonyl (C=O) groups is 3. The van der Waals surface area contributed by atoms with Crippen LogP contribution < -0.4 is 20.7 Å². The van der Waals surface area contributed by atoms with Crippen molar-refractivity contribution in [2.45, 2.75) is 30.7 Å². The first-order valence-electron chi connectivity index (χ1n) is 18.0. The third-order valence-electron chi connectivity index (χ3n) is 9.55. The molecule has 10 heteroatoms. The van der Waals surface area contributed by atoms with Crippen molar-refractivity contribution in [3.8, 4) is 16.9 Å². The normalized spacial score (nSPS) is 12.6. The maximum Gasteiger partial charge on any atom is 0.407 e. The Morgan fingerprint density at radius 2 is 1.15 bits per heavy atom. The maximum absolute atomic E-state index is 12.6. The quantitative estimate of drug-likeness (QED) is 0.0566. The SMILES string of the molecule is COc1ccc(C(OC(CCCNC(=O)CNC(=O)CNC(=O)OCC2c3ccccc3-c3ccccc32)OC)(c2ccccc2)c2ccccc2)cc1. The molecule has 6 rings (SSSR count). The first kappa shape index (κ1) is 37.8. The molecular weight excluding hydrogens is 682 g/mol. The highest BCUT2D eigenvalue weighted by atomic mass is 16.7. The lowest BCUT2D eigenvalue weighted by molar-refractivity contribution is -0.179. The molecule has 0 aromatic heterocycles. The fraction of sp³-hybridized carbons (Fsp3) is 0.250. The number of nitrogens with one attached hydrogen (secondary N) is 3. The summed E-state index contributed by atoms with van der Waals surface area (Å²) in [5.41, 5.74) is 6.22. The van der Waals surface area contributed by atoms with Gasteiger partial charge < -0.3 is 34.9 Å². The highest BCUT2D eigenvalue weighted by Gasteiger charge is 2.40. The number of amides is 3. The molecule has 0 spiro atoms. The molecule has 0 aliphatic heterocycles. The number of fused-ring (bicyclic) bond motifs is 3. The van der Waals surface area contributed by atoms with Gasteiger partial charge in [0.15, 0.2) is 6.29 Å². The van der Waals surface area contributed by atoms with Crippen LogP contribution in [0.15, 0.2) is 133 Å². The van der Waals surface area contributed by atoms with Crippen LogP contribution in [0.5, 0.6) is 5.75 Å². The molecule has 0 saturated heterocycles. The van der Waals surface area contributed by atoms with E-state index in [4.69, 9.17) is 18.9 Å². The zero-order valence-electron chi connectivity index (χ0n) is 30.5. The summed E-state index contributed by atoms with van der Waals surface area (Å²) in [6.07, 6.45) is -0.316. The summed E-state index contributed by atoms with van der Waals surface area (Å²) < 4.78 is 23.7. The predicted octanol–water partition coefficient (Wildman–Crippen LogP) is 6.53. The fourth-order valence-electron chi connectivity index (χ4n) is 6.90. The van der Waals surface area contributed by atoms with Gasteiger partial charge in [-0.3, -0.25) is 9.59 Å². The molecule has 3 amide bonds. The molecule has 0 heterocycles. The number of rotatable bonds is 17. The number of ether oxygens (including phenoxy) is 4. The second kappa shape index (κ2) is 18.2. The van der Waals surface area contributed by atoms with Crippen molar-refractivity contribution >= 4 is 17.9 Å². The molecule has 5 aromatic carbocycles. The number of alkyl carbamates (subject to hydrolysis) is 1. The highest BCUT2D eigenvalue weighted by molar-refractivity contribution is 5.87. The van der Waals surface area contributed by atoms with Crippen molar-refractivity contribution < 1.29 is 33.3 Å². The predicted molar refractivity (Wildman–Crippen MR) is 206 cm³/mol. The van der Waals surface area contributed by atoms with Crippen molar-refractivity contribution in [2.24, 2.45) is 0 Å². The average Bonchev–Trinajstić information content (AvgIpc) is 3.55. The minimum Gasteiger partial charge on any atom is -0.497 e. The van der Waals surface area contributed by atoms with Gasteiger partial charge in [-0.2, -0.15) is 0 Å². The van der Waals surface area contributed by atoms with Gasteiger partial charge in [-0.1, -0.05) is 121 Å². The molecule has 0 fully saturated rings. The van der Waals surface area contributed by atoms with Crippen LogP contribution in [0.25, 0.3) is 11.1 Å². The van der Waals surface area contributed by atoms with E-state index in [-0.39, 0.29) is 31.5 Å². The Bertz CT molecular complexity index is 1920. The Hall–Kier alpha value is -5.97.